The first-order valence-corrected chi connectivity index (χ1v) is 15.4. The monoisotopic (exact) mass is 634 g/mol. The number of hydrogen-bond acceptors (Lipinski definition) is 8. The number of nitrogens with one attached hydrogen (secondary N) is 1. The van der Waals surface area contributed by atoms with Crippen LogP contribution < -0.4 is 24.9 Å². The maximum Gasteiger partial charge on any atom is 0.284 e. The highest BCUT2D eigenvalue weighted by Gasteiger charge is 2.32. The van der Waals surface area contributed by atoms with Gasteiger partial charge in [0.2, 0.25) is 0 Å². The smallest absolute Gasteiger partial charge is 0.284 e. The Morgan fingerprint density at radius 1 is 1.09 bits per heavy atom. The molecule has 0 radical (unpaired) electrons. The molecule has 5 aromatic rings. The Morgan fingerprint density at radius 2 is 1.83 bits per heavy atom. The maximum absolute atomic E-state index is 14.1. The average Bonchev–Trinajstić information content (AvgIpc) is 3.64. The van der Waals surface area contributed by atoms with Gasteiger partial charge in [-0.25, -0.2) is 4.99 Å². The molecule has 3 heterocycles. The van der Waals surface area contributed by atoms with E-state index in [0.29, 0.717) is 43.7 Å². The number of furan rings is 1. The fourth-order valence-electron chi connectivity index (χ4n) is 5.41. The molecule has 3 aromatic carbocycles. The second-order valence-corrected chi connectivity index (χ2v) is 12.1. The van der Waals surface area contributed by atoms with E-state index in [1.54, 1.807) is 54.0 Å². The fourth-order valence-corrected chi connectivity index (χ4v) is 6.44. The van der Waals surface area contributed by atoms with Crippen LogP contribution in [0.2, 0.25) is 0 Å². The molecule has 10 nitrogen and oxygen atoms in total. The van der Waals surface area contributed by atoms with Crippen molar-refractivity contribution in [1.82, 2.24) is 4.57 Å². The summed E-state index contributed by atoms with van der Waals surface area (Å²) in [7, 11) is 1.44. The van der Waals surface area contributed by atoms with Crippen LogP contribution in [0.15, 0.2) is 110 Å². The number of thiazole rings is 1. The number of allylic oxidation sites excluding steroid dienone is 1. The zero-order valence-electron chi connectivity index (χ0n) is 25.5. The molecule has 1 atom stereocenters. The number of para-hydroxylation sites is 1. The van der Waals surface area contributed by atoms with E-state index in [0.717, 1.165) is 11.1 Å². The molecule has 1 aliphatic rings. The van der Waals surface area contributed by atoms with Gasteiger partial charge in [-0.3, -0.25) is 24.3 Å². The van der Waals surface area contributed by atoms with E-state index in [4.69, 9.17) is 14.1 Å². The molecule has 46 heavy (non-hydrogen) atoms. The first kappa shape index (κ1) is 30.5. The summed E-state index contributed by atoms with van der Waals surface area (Å²) in [5, 5.41) is 14.7. The maximum atomic E-state index is 14.1. The third kappa shape index (κ3) is 5.80. The molecule has 0 saturated carbocycles. The van der Waals surface area contributed by atoms with Crippen LogP contribution in [-0.4, -0.2) is 22.5 Å². The van der Waals surface area contributed by atoms with Crippen molar-refractivity contribution in [2.24, 2.45) is 4.99 Å². The molecule has 0 saturated heterocycles. The number of benzene rings is 3. The Bertz CT molecular complexity index is 2180. The van der Waals surface area contributed by atoms with Crippen LogP contribution in [-0.2, 0) is 4.79 Å². The molecule has 0 aliphatic carbocycles. The topological polar surface area (TPSA) is 129 Å². The van der Waals surface area contributed by atoms with Gasteiger partial charge < -0.3 is 14.5 Å². The summed E-state index contributed by atoms with van der Waals surface area (Å²) >= 11 is 1.18. The minimum atomic E-state index is -0.725. The third-order valence-electron chi connectivity index (χ3n) is 7.78. The third-order valence-corrected chi connectivity index (χ3v) is 8.77. The number of amides is 1. The zero-order chi connectivity index (χ0) is 32.5. The second-order valence-electron chi connectivity index (χ2n) is 11.1. The Balaban J connectivity index is 1.44. The van der Waals surface area contributed by atoms with E-state index in [2.05, 4.69) is 19.2 Å². The van der Waals surface area contributed by atoms with Gasteiger partial charge in [0.25, 0.3) is 17.2 Å². The highest BCUT2D eigenvalue weighted by Crippen LogP contribution is 2.35. The van der Waals surface area contributed by atoms with E-state index in [1.165, 1.54) is 24.5 Å². The summed E-state index contributed by atoms with van der Waals surface area (Å²) in [6, 6.07) is 24.1. The molecule has 0 spiro atoms. The van der Waals surface area contributed by atoms with Crippen molar-refractivity contribution in [1.29, 1.82) is 0 Å². The van der Waals surface area contributed by atoms with Crippen molar-refractivity contribution in [3.63, 3.8) is 0 Å². The van der Waals surface area contributed by atoms with Crippen molar-refractivity contribution < 1.29 is 18.9 Å². The summed E-state index contributed by atoms with van der Waals surface area (Å²) in [5.74, 6) is 0.917. The minimum absolute atomic E-state index is 0.167. The molecule has 2 aromatic heterocycles. The normalized spacial score (nSPS) is 14.6. The number of carbonyl (C=O) groups excluding carboxylic acids is 1. The van der Waals surface area contributed by atoms with E-state index in [9.17, 15) is 19.7 Å². The van der Waals surface area contributed by atoms with Gasteiger partial charge in [0.05, 0.1) is 45.5 Å². The van der Waals surface area contributed by atoms with E-state index < -0.39 is 11.0 Å². The Kier molecular flexibility index (Phi) is 8.25. The van der Waals surface area contributed by atoms with Gasteiger partial charge in [0.15, 0.2) is 4.80 Å². The van der Waals surface area contributed by atoms with Crippen LogP contribution in [0.4, 0.5) is 11.4 Å². The summed E-state index contributed by atoms with van der Waals surface area (Å²) in [4.78, 5) is 44.3. The van der Waals surface area contributed by atoms with Crippen molar-refractivity contribution >= 4 is 34.7 Å². The second kappa shape index (κ2) is 12.4. The Labute approximate surface area is 267 Å². The first-order valence-electron chi connectivity index (χ1n) is 14.6. The quantitative estimate of drug-likeness (QED) is 0.161. The number of nitro groups is 1. The number of rotatable bonds is 8. The molecule has 0 unspecified atom stereocenters. The van der Waals surface area contributed by atoms with Crippen molar-refractivity contribution in [3.8, 4) is 17.1 Å². The van der Waals surface area contributed by atoms with Gasteiger partial charge in [-0.15, -0.1) is 0 Å². The summed E-state index contributed by atoms with van der Waals surface area (Å²) < 4.78 is 13.0. The first-order chi connectivity index (χ1) is 22.1. The molecule has 1 aliphatic heterocycles. The number of nitrogens with zero attached hydrogens (tertiary/aromatic N) is 3. The van der Waals surface area contributed by atoms with E-state index in [1.807, 2.05) is 42.5 Å². The lowest BCUT2D eigenvalue weighted by molar-refractivity contribution is -0.384. The predicted molar refractivity (Wildman–Crippen MR) is 177 cm³/mol. The summed E-state index contributed by atoms with van der Waals surface area (Å²) in [6.07, 6.45) is 1.59. The number of anilines is 1. The molecule has 232 valence electrons. The van der Waals surface area contributed by atoms with Gasteiger partial charge in [0.1, 0.15) is 17.3 Å². The molecule has 1 amide bonds. The van der Waals surface area contributed by atoms with E-state index in [-0.39, 0.29) is 28.5 Å². The highest BCUT2D eigenvalue weighted by atomic mass is 32.1. The summed E-state index contributed by atoms with van der Waals surface area (Å²) in [5.41, 5.74) is 3.19. The average molecular weight is 635 g/mol. The number of hydrogen-bond donors (Lipinski definition) is 1. The number of ether oxygens (including phenoxy) is 1. The van der Waals surface area contributed by atoms with Crippen molar-refractivity contribution in [2.45, 2.75) is 32.7 Å². The van der Waals surface area contributed by atoms with Crippen LogP contribution in [0, 0.1) is 10.1 Å². The fraction of sp³-hybridized carbons (Fsp3) is 0.171. The molecule has 0 bridgehead atoms. The SMILES string of the molecule is COc1ccc(-c2ccc(/C=c3\sc4n(c3=O)[C@@H](c3ccc(C(C)C)cc3)C(C(=O)Nc3ccccc3)=C(C)N=4)o2)c([N+](=O)[O-])c1. The minimum Gasteiger partial charge on any atom is -0.497 e. The molecule has 6 rings (SSSR count). The Hall–Kier alpha value is -5.55. The van der Waals surface area contributed by atoms with Gasteiger partial charge in [0, 0.05) is 11.8 Å². The van der Waals surface area contributed by atoms with Crippen molar-refractivity contribution in [3.05, 3.63) is 143 Å². The molecular weight excluding hydrogens is 604 g/mol. The van der Waals surface area contributed by atoms with Crippen LogP contribution in [0.5, 0.6) is 5.75 Å². The van der Waals surface area contributed by atoms with Crippen LogP contribution >= 0.6 is 11.3 Å². The predicted octanol–water partition coefficient (Wildman–Crippen LogP) is 6.17. The van der Waals surface area contributed by atoms with Crippen LogP contribution in [0.1, 0.15) is 49.6 Å². The Morgan fingerprint density at radius 3 is 2.50 bits per heavy atom. The van der Waals surface area contributed by atoms with Gasteiger partial charge in [-0.2, -0.15) is 0 Å². The van der Waals surface area contributed by atoms with Gasteiger partial charge in [-0.05, 0) is 60.4 Å². The van der Waals surface area contributed by atoms with Crippen LogP contribution in [0.3, 0.4) is 0 Å². The number of carbonyl (C=O) groups is 1. The zero-order valence-corrected chi connectivity index (χ0v) is 26.3. The lowest BCUT2D eigenvalue weighted by Gasteiger charge is -2.25. The molecular formula is C35H30N4O6S. The van der Waals surface area contributed by atoms with Gasteiger partial charge >= 0.3 is 0 Å². The lowest BCUT2D eigenvalue weighted by Crippen LogP contribution is -2.40. The largest absolute Gasteiger partial charge is 0.497 e. The summed E-state index contributed by atoms with van der Waals surface area (Å²) in [6.45, 7) is 5.98. The number of nitro benzene ring substituents is 1. The van der Waals surface area contributed by atoms with Crippen molar-refractivity contribution in [2.75, 3.05) is 12.4 Å². The standard InChI is InChI=1S/C35H30N4O6S/c1-20(2)22-10-12-23(13-11-22)32-31(33(40)37-24-8-6-5-7-9-24)21(3)36-35-38(32)34(41)30(46-35)19-26-15-17-29(45-26)27-16-14-25(44-4)18-28(27)39(42)43/h5-20,32H,1-4H3,(H,37,40)/b30-19-/t32-/m0/s1. The number of aromatic nitrogens is 1. The molecule has 0 fully saturated rings. The molecule has 11 heteroatoms. The number of fused-ring (bicyclic) bond motifs is 1. The van der Waals surface area contributed by atoms with Crippen LogP contribution in [0.25, 0.3) is 17.4 Å². The van der Waals surface area contributed by atoms with Gasteiger partial charge in [-0.1, -0.05) is 67.6 Å². The number of methoxy groups -OCH3 is 1. The molecule has 1 N–H and O–H groups in total. The highest BCUT2D eigenvalue weighted by molar-refractivity contribution is 7.07. The lowest BCUT2D eigenvalue weighted by atomic mass is 9.93. The van der Waals surface area contributed by atoms with E-state index >= 15 is 0 Å².